The van der Waals surface area contributed by atoms with Crippen molar-refractivity contribution in [3.63, 3.8) is 0 Å². The molecular weight excluding hydrogens is 764 g/mol. The number of benzene rings is 2. The Kier molecular flexibility index (Phi) is 6.64. The summed E-state index contributed by atoms with van der Waals surface area (Å²) >= 11 is 0. The van der Waals surface area contributed by atoms with E-state index in [4.69, 9.17) is 4.74 Å². The van der Waals surface area contributed by atoms with Crippen molar-refractivity contribution < 1.29 is 38.2 Å². The zero-order valence-electron chi connectivity index (χ0n) is 29.2. The Labute approximate surface area is 319 Å². The highest BCUT2D eigenvalue weighted by molar-refractivity contribution is 8.78. The van der Waals surface area contributed by atoms with E-state index in [9.17, 15) is 14.7 Å². The standard InChI is InChI=1S/C35H35FN6O7S4/c1-6-30-25(44)41-21-14-16-12-13-17(36)15-19(16)32(21,22(43)34(41,52-50-30)27(46)39(30)4)33-18-10-8-9-11-20(18)38-24(33)42-26(45)31(7-2)40(5)28(47)35(42,53-51-31)23(33)49-29(48)37-3/h8-13,15,21-24,38,43H,6-7,14H2,1-5H3,(H,37,48)/t21-,22-,23-,24+,30-,31-,32-,33+,34-,35-/m0/s1. The summed E-state index contributed by atoms with van der Waals surface area (Å²) in [5, 5.41) is 19.7. The Morgan fingerprint density at radius 3 is 2.17 bits per heavy atom. The highest BCUT2D eigenvalue weighted by Gasteiger charge is 2.93. The van der Waals surface area contributed by atoms with Crippen LogP contribution >= 0.6 is 43.2 Å². The molecule has 13 nitrogen and oxygen atoms in total. The number of alkyl carbamates (subject to hydrolysis) is 1. The number of para-hydroxylation sites is 1. The zero-order valence-corrected chi connectivity index (χ0v) is 32.4. The first-order chi connectivity index (χ1) is 25.3. The third-order valence-corrected chi connectivity index (χ3v) is 21.1. The van der Waals surface area contributed by atoms with Crippen LogP contribution in [-0.2, 0) is 41.2 Å². The van der Waals surface area contributed by atoms with E-state index < -0.39 is 78.5 Å². The van der Waals surface area contributed by atoms with Crippen molar-refractivity contribution in [1.29, 1.82) is 0 Å². The predicted octanol–water partition coefficient (Wildman–Crippen LogP) is 2.79. The van der Waals surface area contributed by atoms with Gasteiger partial charge in [-0.3, -0.25) is 24.1 Å². The highest BCUT2D eigenvalue weighted by atomic mass is 33.1. The Bertz CT molecular complexity index is 2130. The summed E-state index contributed by atoms with van der Waals surface area (Å²) in [4.78, 5) is 73.8. The number of aliphatic hydroxyl groups excluding tert-OH is 1. The molecule has 10 atom stereocenters. The van der Waals surface area contributed by atoms with Gasteiger partial charge in [-0.15, -0.1) is 0 Å². The van der Waals surface area contributed by atoms with E-state index in [2.05, 4.69) is 10.6 Å². The molecule has 2 aromatic rings. The molecule has 278 valence electrons. The van der Waals surface area contributed by atoms with Crippen molar-refractivity contribution in [1.82, 2.24) is 24.9 Å². The third-order valence-electron chi connectivity index (χ3n) is 13.5. The summed E-state index contributed by atoms with van der Waals surface area (Å²) in [5.74, 6) is -2.31. The van der Waals surface area contributed by atoms with E-state index in [1.165, 1.54) is 60.4 Å². The molecule has 12 rings (SSSR count). The lowest BCUT2D eigenvalue weighted by molar-refractivity contribution is -0.168. The number of likely N-dealkylation sites (N-methyl/N-ethyl adjacent to an activating group) is 2. The monoisotopic (exact) mass is 798 g/mol. The van der Waals surface area contributed by atoms with Gasteiger partial charge in [0.25, 0.3) is 23.6 Å². The fraction of sp³-hybridized carbons (Fsp3) is 0.514. The van der Waals surface area contributed by atoms with Crippen molar-refractivity contribution >= 4 is 78.6 Å². The SMILES string of the molecule is CC[C@@]12SS[C@]3(C(=O)N1C)[C@@H](O)[C@]1([C@@]45c6ccccc6N[C@@H]4N4C(=O)[C@]6(CC)SS[C@]4(C(=O)N6C)[C@H]5OC(=O)NC)c4cc(F)ccc4C[C@@H]1N3C2=O. The fourth-order valence-electron chi connectivity index (χ4n) is 11.3. The van der Waals surface area contributed by atoms with Gasteiger partial charge in [0, 0.05) is 26.8 Å². The van der Waals surface area contributed by atoms with Crippen LogP contribution in [0.15, 0.2) is 42.5 Å². The minimum absolute atomic E-state index is 0.126. The lowest BCUT2D eigenvalue weighted by Gasteiger charge is -2.59. The van der Waals surface area contributed by atoms with E-state index >= 15 is 18.8 Å². The lowest BCUT2D eigenvalue weighted by atomic mass is 9.51. The molecule has 2 aromatic carbocycles. The number of anilines is 1. The van der Waals surface area contributed by atoms with Gasteiger partial charge in [-0.25, -0.2) is 9.18 Å². The zero-order chi connectivity index (χ0) is 37.4. The number of halogens is 1. The summed E-state index contributed by atoms with van der Waals surface area (Å²) < 4.78 is 22.4. The Morgan fingerprint density at radius 1 is 0.887 bits per heavy atom. The first kappa shape index (κ1) is 34.2. The third kappa shape index (κ3) is 3.14. The first-order valence-corrected chi connectivity index (χ1v) is 21.8. The Balaban J connectivity index is 1.38. The van der Waals surface area contributed by atoms with Crippen LogP contribution < -0.4 is 10.6 Å². The van der Waals surface area contributed by atoms with Gasteiger partial charge < -0.3 is 35.2 Å². The average Bonchev–Trinajstić information content (AvgIpc) is 3.81. The molecule has 2 spiro atoms. The van der Waals surface area contributed by atoms with Gasteiger partial charge in [0.1, 0.15) is 18.1 Å². The quantitative estimate of drug-likeness (QED) is 0.391. The number of nitrogens with zero attached hydrogens (tertiary/aromatic N) is 4. The van der Waals surface area contributed by atoms with E-state index in [1.807, 2.05) is 26.0 Å². The topological polar surface area (TPSA) is 152 Å². The molecule has 9 aliphatic heterocycles. The molecule has 53 heavy (non-hydrogen) atoms. The minimum atomic E-state index is -1.88. The van der Waals surface area contributed by atoms with Crippen molar-refractivity contribution in [2.24, 2.45) is 0 Å². The molecule has 8 saturated heterocycles. The Hall–Kier alpha value is -3.32. The number of ether oxygens (including phenoxy) is 1. The second kappa shape index (κ2) is 10.3. The molecule has 0 aromatic heterocycles. The smallest absolute Gasteiger partial charge is 0.407 e. The van der Waals surface area contributed by atoms with Crippen molar-refractivity contribution in [3.05, 3.63) is 65.0 Å². The van der Waals surface area contributed by atoms with E-state index in [-0.39, 0.29) is 31.1 Å². The van der Waals surface area contributed by atoms with Crippen LogP contribution in [0.4, 0.5) is 14.9 Å². The van der Waals surface area contributed by atoms with Crippen LogP contribution in [0, 0.1) is 5.82 Å². The van der Waals surface area contributed by atoms with Crippen molar-refractivity contribution in [3.8, 4) is 0 Å². The van der Waals surface area contributed by atoms with Gasteiger partial charge in [-0.1, -0.05) is 59.7 Å². The summed E-state index contributed by atoms with van der Waals surface area (Å²) in [7, 11) is 9.25. The maximum Gasteiger partial charge on any atom is 0.407 e. The largest absolute Gasteiger partial charge is 0.441 e. The van der Waals surface area contributed by atoms with Crippen LogP contribution in [0.5, 0.6) is 0 Å². The molecule has 1 aliphatic carbocycles. The summed E-state index contributed by atoms with van der Waals surface area (Å²) in [6, 6.07) is 10.5. The molecule has 8 fully saturated rings. The van der Waals surface area contributed by atoms with Crippen molar-refractivity contribution in [2.45, 2.75) is 87.8 Å². The number of aliphatic hydroxyl groups is 1. The van der Waals surface area contributed by atoms with Gasteiger partial charge >= 0.3 is 6.09 Å². The van der Waals surface area contributed by atoms with E-state index in [0.717, 1.165) is 21.6 Å². The number of piperazine rings is 2. The highest BCUT2D eigenvalue weighted by Crippen LogP contribution is 2.79. The average molecular weight is 799 g/mol. The van der Waals surface area contributed by atoms with Crippen LogP contribution in [-0.4, -0.2) is 119 Å². The molecule has 3 N–H and O–H groups in total. The van der Waals surface area contributed by atoms with Crippen molar-refractivity contribution in [2.75, 3.05) is 26.5 Å². The number of amides is 5. The number of carbonyl (C=O) groups is 5. The first-order valence-electron chi connectivity index (χ1n) is 17.5. The number of hydrogen-bond acceptors (Lipinski definition) is 12. The van der Waals surface area contributed by atoms with Crippen LogP contribution in [0.25, 0.3) is 0 Å². The number of nitrogens with one attached hydrogen (secondary N) is 2. The summed E-state index contributed by atoms with van der Waals surface area (Å²) in [6.45, 7) is 3.67. The number of rotatable bonds is 4. The minimum Gasteiger partial charge on any atom is -0.441 e. The molecule has 10 aliphatic rings. The molecule has 5 amide bonds. The van der Waals surface area contributed by atoms with E-state index in [0.29, 0.717) is 22.4 Å². The molecule has 9 heterocycles. The number of fused-ring (bicyclic) bond motifs is 11. The maximum atomic E-state index is 15.9. The van der Waals surface area contributed by atoms with Crippen LogP contribution in [0.2, 0.25) is 0 Å². The molecule has 0 unspecified atom stereocenters. The Morgan fingerprint density at radius 2 is 1.51 bits per heavy atom. The fourth-order valence-corrected chi connectivity index (χ4v) is 19.2. The molecule has 18 heteroatoms. The van der Waals surface area contributed by atoms with Crippen LogP contribution in [0.1, 0.15) is 43.4 Å². The normalized spacial score (nSPS) is 42.3. The van der Waals surface area contributed by atoms with Crippen LogP contribution in [0.3, 0.4) is 0 Å². The second-order valence-corrected chi connectivity index (χ2v) is 20.1. The molecule has 0 saturated carbocycles. The molecule has 4 bridgehead atoms. The van der Waals surface area contributed by atoms with Gasteiger partial charge in [0.15, 0.2) is 15.8 Å². The molecular formula is C35H35FN6O7S4. The maximum absolute atomic E-state index is 15.9. The summed E-state index contributed by atoms with van der Waals surface area (Å²) in [6.07, 6.45) is -4.66. The van der Waals surface area contributed by atoms with E-state index in [1.54, 1.807) is 32.3 Å². The lowest BCUT2D eigenvalue weighted by Crippen LogP contribution is -2.78. The van der Waals surface area contributed by atoms with Gasteiger partial charge in [-0.05, 0) is 75.7 Å². The summed E-state index contributed by atoms with van der Waals surface area (Å²) in [5.41, 5.74) is -1.61. The second-order valence-electron chi connectivity index (χ2n) is 14.9. The van der Waals surface area contributed by atoms with Gasteiger partial charge in [-0.2, -0.15) is 0 Å². The van der Waals surface area contributed by atoms with Gasteiger partial charge in [0.2, 0.25) is 9.74 Å². The predicted molar refractivity (Wildman–Crippen MR) is 198 cm³/mol. The van der Waals surface area contributed by atoms with Gasteiger partial charge in [0.05, 0.1) is 16.9 Å². The molecule has 0 radical (unpaired) electrons. The number of carbonyl (C=O) groups excluding carboxylic acids is 5. The number of hydrogen-bond donors (Lipinski definition) is 3.